The topological polar surface area (TPSA) is 42.4 Å². The average molecular weight is 356 g/mol. The first-order chi connectivity index (χ1) is 12.3. The molecule has 1 saturated heterocycles. The molecule has 2 heterocycles. The highest BCUT2D eigenvalue weighted by molar-refractivity contribution is 5.92. The molecule has 0 unspecified atom stereocenters. The Kier molecular flexibility index (Phi) is 5.01. The van der Waals surface area contributed by atoms with Crippen LogP contribution in [0.2, 0.25) is 0 Å². The first-order valence-electron chi connectivity index (χ1n) is 8.20. The van der Waals surface area contributed by atoms with E-state index in [9.17, 15) is 13.6 Å². The van der Waals surface area contributed by atoms with Gasteiger partial charge in [0.25, 0.3) is 5.91 Å². The molecule has 26 heavy (non-hydrogen) atoms. The summed E-state index contributed by atoms with van der Waals surface area (Å²) in [6.07, 6.45) is 1.45. The Morgan fingerprint density at radius 1 is 1.23 bits per heavy atom. The summed E-state index contributed by atoms with van der Waals surface area (Å²) in [4.78, 5) is 18.4. The molecular formula is C20H18F2N2O2. The average Bonchev–Trinajstić information content (AvgIpc) is 2.61. The predicted molar refractivity (Wildman–Crippen MR) is 92.5 cm³/mol. The molecule has 1 aromatic heterocycles. The van der Waals surface area contributed by atoms with Gasteiger partial charge in [-0.15, -0.1) is 0 Å². The SMILES string of the molecule is CC1(C)CN(C(=O)c2ccc(C#Cc3cc(F)ccc3F)cn2)CCO1. The molecule has 4 nitrogen and oxygen atoms in total. The van der Waals surface area contributed by atoms with Gasteiger partial charge < -0.3 is 9.64 Å². The third kappa shape index (κ3) is 4.24. The van der Waals surface area contributed by atoms with Crippen molar-refractivity contribution in [1.29, 1.82) is 0 Å². The van der Waals surface area contributed by atoms with Crippen molar-refractivity contribution in [1.82, 2.24) is 9.88 Å². The van der Waals surface area contributed by atoms with E-state index >= 15 is 0 Å². The number of hydrogen-bond acceptors (Lipinski definition) is 3. The highest BCUT2D eigenvalue weighted by Gasteiger charge is 2.30. The van der Waals surface area contributed by atoms with Crippen molar-refractivity contribution in [2.45, 2.75) is 19.4 Å². The molecule has 6 heteroatoms. The fraction of sp³-hybridized carbons (Fsp3) is 0.300. The number of nitrogens with zero attached hydrogens (tertiary/aromatic N) is 2. The van der Waals surface area contributed by atoms with Crippen LogP contribution in [-0.2, 0) is 4.74 Å². The number of halogens is 2. The van der Waals surface area contributed by atoms with Crippen LogP contribution in [0.4, 0.5) is 8.78 Å². The predicted octanol–water partition coefficient (Wildman–Crippen LogP) is 3.01. The quantitative estimate of drug-likeness (QED) is 0.738. The van der Waals surface area contributed by atoms with Crippen LogP contribution in [-0.4, -0.2) is 41.1 Å². The maximum Gasteiger partial charge on any atom is 0.272 e. The second kappa shape index (κ2) is 7.22. The lowest BCUT2D eigenvalue weighted by molar-refractivity contribution is -0.0765. The minimum atomic E-state index is -0.589. The molecule has 0 atom stereocenters. The van der Waals surface area contributed by atoms with Gasteiger partial charge in [-0.1, -0.05) is 11.8 Å². The van der Waals surface area contributed by atoms with Gasteiger partial charge in [-0.05, 0) is 44.2 Å². The van der Waals surface area contributed by atoms with E-state index in [4.69, 9.17) is 4.74 Å². The zero-order chi connectivity index (χ0) is 18.7. The second-order valence-corrected chi connectivity index (χ2v) is 6.64. The van der Waals surface area contributed by atoms with E-state index in [1.54, 1.807) is 17.0 Å². The third-order valence-corrected chi connectivity index (χ3v) is 3.97. The minimum Gasteiger partial charge on any atom is -0.372 e. The van der Waals surface area contributed by atoms with Gasteiger partial charge in [-0.3, -0.25) is 4.79 Å². The molecular weight excluding hydrogens is 338 g/mol. The Labute approximate surface area is 150 Å². The van der Waals surface area contributed by atoms with Crippen molar-refractivity contribution in [3.05, 3.63) is 65.0 Å². The summed E-state index contributed by atoms with van der Waals surface area (Å²) < 4.78 is 32.3. The van der Waals surface area contributed by atoms with Crippen molar-refractivity contribution >= 4 is 5.91 Å². The monoisotopic (exact) mass is 356 g/mol. The Morgan fingerprint density at radius 2 is 2.04 bits per heavy atom. The van der Waals surface area contributed by atoms with Crippen LogP contribution in [0.25, 0.3) is 0 Å². The second-order valence-electron chi connectivity index (χ2n) is 6.64. The number of benzene rings is 1. The van der Waals surface area contributed by atoms with Gasteiger partial charge in [0.2, 0.25) is 0 Å². The fourth-order valence-corrected chi connectivity index (χ4v) is 2.68. The van der Waals surface area contributed by atoms with Gasteiger partial charge >= 0.3 is 0 Å². The van der Waals surface area contributed by atoms with Gasteiger partial charge in [0, 0.05) is 24.8 Å². The molecule has 0 saturated carbocycles. The molecule has 0 spiro atoms. The van der Waals surface area contributed by atoms with E-state index in [0.717, 1.165) is 18.2 Å². The molecule has 3 rings (SSSR count). The number of carbonyl (C=O) groups is 1. The number of amides is 1. The van der Waals surface area contributed by atoms with E-state index in [0.29, 0.717) is 31.0 Å². The molecule has 1 aliphatic rings. The van der Waals surface area contributed by atoms with E-state index in [1.165, 1.54) is 6.20 Å². The van der Waals surface area contributed by atoms with E-state index in [-0.39, 0.29) is 17.1 Å². The summed E-state index contributed by atoms with van der Waals surface area (Å²) in [5.41, 5.74) is 0.410. The Hall–Kier alpha value is -2.78. The molecule has 1 amide bonds. The van der Waals surface area contributed by atoms with E-state index < -0.39 is 11.6 Å². The summed E-state index contributed by atoms with van der Waals surface area (Å²) in [5, 5.41) is 0. The van der Waals surface area contributed by atoms with Crippen molar-refractivity contribution < 1.29 is 18.3 Å². The van der Waals surface area contributed by atoms with Gasteiger partial charge in [0.15, 0.2) is 0 Å². The lowest BCUT2D eigenvalue weighted by atomic mass is 10.1. The number of hydrogen-bond donors (Lipinski definition) is 0. The summed E-state index contributed by atoms with van der Waals surface area (Å²) in [6.45, 7) is 5.37. The largest absolute Gasteiger partial charge is 0.372 e. The first-order valence-corrected chi connectivity index (χ1v) is 8.20. The molecule has 2 aromatic rings. The van der Waals surface area contributed by atoms with Crippen molar-refractivity contribution in [3.8, 4) is 11.8 Å². The zero-order valence-corrected chi connectivity index (χ0v) is 14.6. The van der Waals surface area contributed by atoms with E-state index in [1.807, 2.05) is 13.8 Å². The lowest BCUT2D eigenvalue weighted by Gasteiger charge is -2.37. The number of pyridine rings is 1. The number of rotatable bonds is 1. The summed E-state index contributed by atoms with van der Waals surface area (Å²) in [5.74, 6) is 3.99. The molecule has 1 fully saturated rings. The lowest BCUT2D eigenvalue weighted by Crippen LogP contribution is -2.50. The maximum atomic E-state index is 13.6. The smallest absolute Gasteiger partial charge is 0.272 e. The zero-order valence-electron chi connectivity index (χ0n) is 14.6. The highest BCUT2D eigenvalue weighted by atomic mass is 19.1. The highest BCUT2D eigenvalue weighted by Crippen LogP contribution is 2.18. The van der Waals surface area contributed by atoms with Gasteiger partial charge in [-0.2, -0.15) is 0 Å². The molecule has 1 aliphatic heterocycles. The Morgan fingerprint density at radius 3 is 2.73 bits per heavy atom. The molecule has 0 bridgehead atoms. The minimum absolute atomic E-state index is 0.0271. The van der Waals surface area contributed by atoms with Crippen molar-refractivity contribution in [2.75, 3.05) is 19.7 Å². The first kappa shape index (κ1) is 18.0. The number of carbonyl (C=O) groups excluding carboxylic acids is 1. The van der Waals surface area contributed by atoms with Crippen molar-refractivity contribution in [3.63, 3.8) is 0 Å². The van der Waals surface area contributed by atoms with Gasteiger partial charge in [-0.25, -0.2) is 13.8 Å². The van der Waals surface area contributed by atoms with Crippen LogP contribution >= 0.6 is 0 Å². The van der Waals surface area contributed by atoms with Crippen LogP contribution in [0.1, 0.15) is 35.5 Å². The fourth-order valence-electron chi connectivity index (χ4n) is 2.68. The maximum absolute atomic E-state index is 13.6. The van der Waals surface area contributed by atoms with Gasteiger partial charge in [0.1, 0.15) is 17.3 Å². The van der Waals surface area contributed by atoms with Crippen LogP contribution < -0.4 is 0 Å². The van der Waals surface area contributed by atoms with Crippen molar-refractivity contribution in [2.24, 2.45) is 0 Å². The molecule has 0 N–H and O–H groups in total. The normalized spacial score (nSPS) is 15.9. The molecule has 134 valence electrons. The third-order valence-electron chi connectivity index (χ3n) is 3.97. The summed E-state index contributed by atoms with van der Waals surface area (Å²) in [7, 11) is 0. The summed E-state index contributed by atoms with van der Waals surface area (Å²) in [6, 6.07) is 6.32. The molecule has 0 radical (unpaired) electrons. The van der Waals surface area contributed by atoms with Gasteiger partial charge in [0.05, 0.1) is 17.8 Å². The van der Waals surface area contributed by atoms with Crippen LogP contribution in [0, 0.1) is 23.5 Å². The molecule has 0 aliphatic carbocycles. The number of ether oxygens (including phenoxy) is 1. The standard InChI is InChI=1S/C20H18F2N2O2/c1-20(2)13-24(9-10-26-20)19(25)18-8-4-14(12-23-18)3-5-15-11-16(21)6-7-17(15)22/h4,6-8,11-12H,9-10,13H2,1-2H3. The summed E-state index contributed by atoms with van der Waals surface area (Å²) >= 11 is 0. The Balaban J connectivity index is 1.74. The van der Waals surface area contributed by atoms with Crippen LogP contribution in [0.15, 0.2) is 36.5 Å². The van der Waals surface area contributed by atoms with E-state index in [2.05, 4.69) is 16.8 Å². The van der Waals surface area contributed by atoms with Crippen LogP contribution in [0.5, 0.6) is 0 Å². The van der Waals surface area contributed by atoms with Crippen LogP contribution in [0.3, 0.4) is 0 Å². The number of morpholine rings is 1. The Bertz CT molecular complexity index is 883. The molecule has 1 aromatic carbocycles. The number of aromatic nitrogens is 1.